The van der Waals surface area contributed by atoms with Gasteiger partial charge in [-0.25, -0.2) is 0 Å². The second kappa shape index (κ2) is 5.40. The zero-order valence-corrected chi connectivity index (χ0v) is 10.9. The van der Waals surface area contributed by atoms with Gasteiger partial charge in [0.15, 0.2) is 0 Å². The largest absolute Gasteiger partial charge is 0.480 e. The van der Waals surface area contributed by atoms with E-state index < -0.39 is 17.9 Å². The van der Waals surface area contributed by atoms with Crippen molar-refractivity contribution in [3.8, 4) is 0 Å². The van der Waals surface area contributed by atoms with Crippen LogP contribution >= 0.6 is 0 Å². The summed E-state index contributed by atoms with van der Waals surface area (Å²) in [4.78, 5) is 24.5. The summed E-state index contributed by atoms with van der Waals surface area (Å²) in [6, 6.07) is 6.87. The molecule has 5 nitrogen and oxygen atoms in total. The highest BCUT2D eigenvalue weighted by Crippen LogP contribution is 2.30. The minimum Gasteiger partial charge on any atom is -0.480 e. The van der Waals surface area contributed by atoms with Gasteiger partial charge in [0.05, 0.1) is 0 Å². The maximum absolute atomic E-state index is 11.5. The number of carbonyl (C=O) groups is 2. The Kier molecular flexibility index (Phi) is 3.85. The SMILES string of the molecule is CC(CN1CCc2ccccc2C1C(=O)O)C(N)=O. The van der Waals surface area contributed by atoms with Gasteiger partial charge in [-0.1, -0.05) is 31.2 Å². The molecule has 1 heterocycles. The highest BCUT2D eigenvalue weighted by molar-refractivity contribution is 5.78. The first-order chi connectivity index (χ1) is 9.00. The van der Waals surface area contributed by atoms with Crippen molar-refractivity contribution in [1.82, 2.24) is 4.90 Å². The topological polar surface area (TPSA) is 83.6 Å². The number of nitrogens with two attached hydrogens (primary N) is 1. The van der Waals surface area contributed by atoms with Crippen LogP contribution in [0.5, 0.6) is 0 Å². The third-order valence-corrected chi connectivity index (χ3v) is 3.61. The maximum Gasteiger partial charge on any atom is 0.325 e. The summed E-state index contributed by atoms with van der Waals surface area (Å²) in [7, 11) is 0. The molecule has 1 aromatic carbocycles. The summed E-state index contributed by atoms with van der Waals surface area (Å²) in [5.41, 5.74) is 7.14. The fourth-order valence-electron chi connectivity index (χ4n) is 2.55. The van der Waals surface area contributed by atoms with Gasteiger partial charge in [0.2, 0.25) is 5.91 Å². The molecule has 2 rings (SSSR count). The van der Waals surface area contributed by atoms with Crippen LogP contribution in [0.2, 0.25) is 0 Å². The molecule has 0 saturated carbocycles. The van der Waals surface area contributed by atoms with Crippen LogP contribution in [0.3, 0.4) is 0 Å². The summed E-state index contributed by atoms with van der Waals surface area (Å²) in [5, 5.41) is 9.45. The average molecular weight is 262 g/mol. The summed E-state index contributed by atoms with van der Waals surface area (Å²) >= 11 is 0. The Morgan fingerprint density at radius 3 is 2.79 bits per heavy atom. The number of benzene rings is 1. The number of primary amides is 1. The molecule has 1 amide bonds. The third kappa shape index (κ3) is 2.76. The zero-order chi connectivity index (χ0) is 14.0. The van der Waals surface area contributed by atoms with E-state index in [-0.39, 0.29) is 5.92 Å². The van der Waals surface area contributed by atoms with E-state index in [0.29, 0.717) is 13.1 Å². The van der Waals surface area contributed by atoms with Crippen LogP contribution in [0.4, 0.5) is 0 Å². The van der Waals surface area contributed by atoms with Gasteiger partial charge in [0, 0.05) is 19.0 Å². The standard InChI is InChI=1S/C14H18N2O3/c1-9(13(15)17)8-16-7-6-10-4-2-3-5-11(10)12(16)14(18)19/h2-5,9,12H,6-8H2,1H3,(H2,15,17)(H,18,19). The van der Waals surface area contributed by atoms with Crippen molar-refractivity contribution in [3.63, 3.8) is 0 Å². The molecule has 0 spiro atoms. The van der Waals surface area contributed by atoms with E-state index in [9.17, 15) is 14.7 Å². The monoisotopic (exact) mass is 262 g/mol. The van der Waals surface area contributed by atoms with Crippen molar-refractivity contribution in [2.75, 3.05) is 13.1 Å². The first-order valence-corrected chi connectivity index (χ1v) is 6.34. The lowest BCUT2D eigenvalue weighted by atomic mass is 9.92. The van der Waals surface area contributed by atoms with Gasteiger partial charge in [-0.3, -0.25) is 14.5 Å². The molecule has 19 heavy (non-hydrogen) atoms. The second-order valence-electron chi connectivity index (χ2n) is 4.99. The molecule has 5 heteroatoms. The molecule has 3 N–H and O–H groups in total. The molecule has 0 saturated heterocycles. The molecule has 1 aromatic rings. The van der Waals surface area contributed by atoms with Gasteiger partial charge in [-0.15, -0.1) is 0 Å². The lowest BCUT2D eigenvalue weighted by Crippen LogP contribution is -2.44. The number of hydrogen-bond acceptors (Lipinski definition) is 3. The number of hydrogen-bond donors (Lipinski definition) is 2. The van der Waals surface area contributed by atoms with Gasteiger partial charge < -0.3 is 10.8 Å². The average Bonchev–Trinajstić information content (AvgIpc) is 2.37. The molecular weight excluding hydrogens is 244 g/mol. The number of carboxylic acid groups (broad SMARTS) is 1. The predicted molar refractivity (Wildman–Crippen MR) is 70.5 cm³/mol. The Labute approximate surface area is 112 Å². The molecule has 102 valence electrons. The van der Waals surface area contributed by atoms with Crippen LogP contribution in [0.15, 0.2) is 24.3 Å². The van der Waals surface area contributed by atoms with Crippen molar-refractivity contribution in [2.45, 2.75) is 19.4 Å². The van der Waals surface area contributed by atoms with Crippen molar-refractivity contribution in [3.05, 3.63) is 35.4 Å². The molecule has 0 fully saturated rings. The second-order valence-corrected chi connectivity index (χ2v) is 4.99. The normalized spacial score (nSPS) is 20.6. The summed E-state index contributed by atoms with van der Waals surface area (Å²) < 4.78 is 0. The van der Waals surface area contributed by atoms with Crippen LogP contribution in [-0.4, -0.2) is 35.0 Å². The van der Waals surface area contributed by atoms with Crippen LogP contribution in [0.25, 0.3) is 0 Å². The Morgan fingerprint density at radius 1 is 1.47 bits per heavy atom. The lowest BCUT2D eigenvalue weighted by Gasteiger charge is -2.35. The Morgan fingerprint density at radius 2 is 2.16 bits per heavy atom. The lowest BCUT2D eigenvalue weighted by molar-refractivity contribution is -0.144. The van der Waals surface area contributed by atoms with Gasteiger partial charge in [-0.05, 0) is 17.5 Å². The molecule has 2 atom stereocenters. The Balaban J connectivity index is 2.27. The third-order valence-electron chi connectivity index (χ3n) is 3.61. The molecule has 0 aliphatic carbocycles. The van der Waals surface area contributed by atoms with Gasteiger partial charge >= 0.3 is 5.97 Å². The number of aliphatic carboxylic acids is 1. The number of rotatable bonds is 4. The molecule has 0 radical (unpaired) electrons. The smallest absolute Gasteiger partial charge is 0.325 e. The highest BCUT2D eigenvalue weighted by atomic mass is 16.4. The number of nitrogens with zero attached hydrogens (tertiary/aromatic N) is 1. The van der Waals surface area contributed by atoms with E-state index in [1.165, 1.54) is 0 Å². The minimum absolute atomic E-state index is 0.355. The zero-order valence-electron chi connectivity index (χ0n) is 10.9. The van der Waals surface area contributed by atoms with E-state index in [1.54, 1.807) is 6.92 Å². The summed E-state index contributed by atoms with van der Waals surface area (Å²) in [5.74, 6) is -1.64. The van der Waals surface area contributed by atoms with Crippen LogP contribution in [-0.2, 0) is 16.0 Å². The number of fused-ring (bicyclic) bond motifs is 1. The summed E-state index contributed by atoms with van der Waals surface area (Å²) in [6.45, 7) is 2.73. The van der Waals surface area contributed by atoms with E-state index in [0.717, 1.165) is 17.5 Å². The Bertz CT molecular complexity index is 501. The van der Waals surface area contributed by atoms with Gasteiger partial charge in [-0.2, -0.15) is 0 Å². The predicted octanol–water partition coefficient (Wildman–Crippen LogP) is 0.792. The van der Waals surface area contributed by atoms with E-state index in [4.69, 9.17) is 5.73 Å². The summed E-state index contributed by atoms with van der Waals surface area (Å²) in [6.07, 6.45) is 0.797. The van der Waals surface area contributed by atoms with Crippen LogP contribution in [0, 0.1) is 5.92 Å². The molecule has 0 aromatic heterocycles. The Hall–Kier alpha value is -1.88. The van der Waals surface area contributed by atoms with E-state index in [2.05, 4.69) is 0 Å². The first kappa shape index (κ1) is 13.5. The molecule has 1 aliphatic heterocycles. The fraction of sp³-hybridized carbons (Fsp3) is 0.429. The van der Waals surface area contributed by atoms with Gasteiger partial charge in [0.1, 0.15) is 6.04 Å². The molecule has 2 unspecified atom stereocenters. The maximum atomic E-state index is 11.5. The van der Waals surface area contributed by atoms with E-state index in [1.807, 2.05) is 29.2 Å². The van der Waals surface area contributed by atoms with E-state index >= 15 is 0 Å². The number of amides is 1. The molecule has 1 aliphatic rings. The van der Waals surface area contributed by atoms with Crippen molar-refractivity contribution in [2.24, 2.45) is 11.7 Å². The molecule has 0 bridgehead atoms. The van der Waals surface area contributed by atoms with Crippen molar-refractivity contribution >= 4 is 11.9 Å². The van der Waals surface area contributed by atoms with Crippen LogP contribution < -0.4 is 5.73 Å². The quantitative estimate of drug-likeness (QED) is 0.840. The fourth-order valence-corrected chi connectivity index (χ4v) is 2.55. The highest BCUT2D eigenvalue weighted by Gasteiger charge is 2.33. The minimum atomic E-state index is -0.885. The van der Waals surface area contributed by atoms with Gasteiger partial charge in [0.25, 0.3) is 0 Å². The first-order valence-electron chi connectivity index (χ1n) is 6.34. The molecular formula is C14H18N2O3. The van der Waals surface area contributed by atoms with Crippen molar-refractivity contribution in [1.29, 1.82) is 0 Å². The number of carboxylic acids is 1. The van der Waals surface area contributed by atoms with Crippen molar-refractivity contribution < 1.29 is 14.7 Å². The van der Waals surface area contributed by atoms with Crippen LogP contribution in [0.1, 0.15) is 24.1 Å². The number of carbonyl (C=O) groups excluding carboxylic acids is 1.